The van der Waals surface area contributed by atoms with Crippen LogP contribution in [0.4, 0.5) is 17.1 Å². The SMILES string of the molecule is CC(C)(C)c1ccc2c(c1)C1(c3cc(C(C)(C)C)ccc3O2)c2ccccc2-c2ccc(N(c3ccc4c(c3)C3(c5ccccc5Sc5ccccc53)c3ccccc3-4)c3cccc4ccccc34)cc21. The number of nitrogens with zero attached hydrogens (tertiary/aromatic N) is 1. The van der Waals surface area contributed by atoms with Crippen LogP contribution in [0.2, 0.25) is 0 Å². The molecule has 14 rings (SSSR count). The van der Waals surface area contributed by atoms with Crippen LogP contribution in [0, 0.1) is 0 Å². The van der Waals surface area contributed by atoms with E-state index in [0.717, 1.165) is 28.6 Å². The lowest BCUT2D eigenvalue weighted by Gasteiger charge is -2.41. The van der Waals surface area contributed by atoms with Crippen LogP contribution in [0.5, 0.6) is 11.5 Å². The maximum Gasteiger partial charge on any atom is 0.132 e. The second-order valence-corrected chi connectivity index (χ2v) is 23.1. The van der Waals surface area contributed by atoms with E-state index in [2.05, 4.69) is 259 Å². The first-order valence-corrected chi connectivity index (χ1v) is 25.9. The van der Waals surface area contributed by atoms with Crippen molar-refractivity contribution in [1.29, 1.82) is 0 Å². The Kier molecular flexibility index (Phi) is 8.92. The Hall–Kier alpha value is -7.59. The zero-order valence-corrected chi connectivity index (χ0v) is 41.8. The van der Waals surface area contributed by atoms with E-state index in [9.17, 15) is 0 Å². The zero-order chi connectivity index (χ0) is 48.0. The van der Waals surface area contributed by atoms with E-state index in [1.54, 1.807) is 0 Å². The Bertz CT molecular complexity index is 3770. The van der Waals surface area contributed by atoms with Crippen LogP contribution in [-0.2, 0) is 21.7 Å². The molecule has 4 aliphatic rings. The molecule has 2 aliphatic heterocycles. The molecule has 2 nitrogen and oxygen atoms in total. The average Bonchev–Trinajstić information content (AvgIpc) is 3.83. The van der Waals surface area contributed by atoms with Crippen molar-refractivity contribution < 1.29 is 4.74 Å². The Morgan fingerprint density at radius 2 is 0.803 bits per heavy atom. The van der Waals surface area contributed by atoms with Crippen molar-refractivity contribution in [2.45, 2.75) is 73.0 Å². The molecule has 0 radical (unpaired) electrons. The molecule has 2 aliphatic carbocycles. The third kappa shape index (κ3) is 5.84. The summed E-state index contributed by atoms with van der Waals surface area (Å²) in [5, 5.41) is 2.40. The lowest BCUT2D eigenvalue weighted by atomic mass is 9.64. The van der Waals surface area contributed by atoms with Gasteiger partial charge in [0.05, 0.1) is 16.5 Å². The Morgan fingerprint density at radius 1 is 0.366 bits per heavy atom. The summed E-state index contributed by atoms with van der Waals surface area (Å²) in [6.45, 7) is 13.9. The van der Waals surface area contributed by atoms with Gasteiger partial charge in [0.1, 0.15) is 11.5 Å². The van der Waals surface area contributed by atoms with Crippen LogP contribution >= 0.6 is 11.8 Å². The number of ether oxygens (including phenoxy) is 1. The van der Waals surface area contributed by atoms with Crippen molar-refractivity contribution in [1.82, 2.24) is 0 Å². The van der Waals surface area contributed by atoms with Gasteiger partial charge in [0.15, 0.2) is 0 Å². The minimum atomic E-state index is -0.672. The van der Waals surface area contributed by atoms with E-state index in [1.807, 2.05) is 11.8 Å². The first kappa shape index (κ1) is 42.3. The fraction of sp³-hybridized carbons (Fsp3) is 0.147. The highest BCUT2D eigenvalue weighted by atomic mass is 32.2. The van der Waals surface area contributed by atoms with Gasteiger partial charge in [-0.3, -0.25) is 0 Å². The van der Waals surface area contributed by atoms with Crippen LogP contribution in [0.15, 0.2) is 222 Å². The van der Waals surface area contributed by atoms with Crippen molar-refractivity contribution in [2.75, 3.05) is 4.90 Å². The van der Waals surface area contributed by atoms with Crippen molar-refractivity contribution in [2.24, 2.45) is 0 Å². The molecule has 0 bridgehead atoms. The second kappa shape index (κ2) is 15.0. The lowest BCUT2D eigenvalue weighted by Crippen LogP contribution is -2.33. The smallest absolute Gasteiger partial charge is 0.132 e. The molecule has 0 unspecified atom stereocenters. The highest BCUT2D eigenvalue weighted by molar-refractivity contribution is 7.99. The maximum atomic E-state index is 7.06. The molecule has 0 saturated heterocycles. The Morgan fingerprint density at radius 3 is 1.34 bits per heavy atom. The maximum absolute atomic E-state index is 7.06. The molecule has 0 fully saturated rings. The van der Waals surface area contributed by atoms with Crippen LogP contribution in [0.3, 0.4) is 0 Å². The van der Waals surface area contributed by atoms with Gasteiger partial charge in [0.25, 0.3) is 0 Å². The minimum absolute atomic E-state index is 0.0830. The molecule has 0 aromatic heterocycles. The number of hydrogen-bond donors (Lipinski definition) is 0. The highest BCUT2D eigenvalue weighted by Crippen LogP contribution is 2.65. The normalized spacial score (nSPS) is 14.9. The zero-order valence-electron chi connectivity index (χ0n) is 41.0. The molecule has 342 valence electrons. The fourth-order valence-electron chi connectivity index (χ4n) is 12.8. The van der Waals surface area contributed by atoms with Gasteiger partial charge in [-0.25, -0.2) is 0 Å². The van der Waals surface area contributed by atoms with Gasteiger partial charge in [-0.2, -0.15) is 0 Å². The molecule has 2 spiro atoms. The molecule has 10 aromatic carbocycles. The standard InChI is InChI=1S/C68H53NOS/c1-65(2,3)43-30-36-61-58(38-43)68(59-39-44(66(4,5)6)31-37-62(59)70-61)53-24-12-10-22-49(53)51-35-33-46(41-57(51)68)69(60-27-17-19-42-18-7-8-20-47(42)60)45-32-34-50-48-21-9-11-23-52(48)67(56(50)40-45)54-25-13-15-28-63(54)71-64-29-16-14-26-55(64)67/h7-41H,1-6H3. The predicted molar refractivity (Wildman–Crippen MR) is 295 cm³/mol. The Balaban J connectivity index is 1.08. The molecular formula is C68H53NOS. The molecule has 10 aromatic rings. The summed E-state index contributed by atoms with van der Waals surface area (Å²) in [4.78, 5) is 5.15. The first-order chi connectivity index (χ1) is 34.5. The lowest BCUT2D eigenvalue weighted by molar-refractivity contribution is 0.433. The van der Waals surface area contributed by atoms with Crippen LogP contribution < -0.4 is 9.64 Å². The molecule has 0 saturated carbocycles. The summed E-state index contributed by atoms with van der Waals surface area (Å²) < 4.78 is 7.06. The summed E-state index contributed by atoms with van der Waals surface area (Å²) in [6, 6.07) is 80.6. The molecule has 0 amide bonds. The number of benzene rings is 10. The predicted octanol–water partition coefficient (Wildman–Crippen LogP) is 18.2. The molecule has 0 N–H and O–H groups in total. The van der Waals surface area contributed by atoms with E-state index in [1.165, 1.54) is 98.5 Å². The van der Waals surface area contributed by atoms with Crippen LogP contribution in [0.25, 0.3) is 33.0 Å². The largest absolute Gasteiger partial charge is 0.457 e. The van der Waals surface area contributed by atoms with E-state index in [0.29, 0.717) is 0 Å². The molecule has 3 heteroatoms. The second-order valence-electron chi connectivity index (χ2n) is 22.0. The summed E-state index contributed by atoms with van der Waals surface area (Å²) in [7, 11) is 0. The minimum Gasteiger partial charge on any atom is -0.457 e. The van der Waals surface area contributed by atoms with Crippen LogP contribution in [0.1, 0.15) is 97.2 Å². The van der Waals surface area contributed by atoms with Crippen molar-refractivity contribution >= 4 is 39.6 Å². The van der Waals surface area contributed by atoms with E-state index >= 15 is 0 Å². The van der Waals surface area contributed by atoms with Crippen molar-refractivity contribution in [3.8, 4) is 33.8 Å². The van der Waals surface area contributed by atoms with Crippen molar-refractivity contribution in [3.63, 3.8) is 0 Å². The molecule has 2 heterocycles. The third-order valence-electron chi connectivity index (χ3n) is 16.1. The number of fused-ring (bicyclic) bond motifs is 19. The summed E-state index contributed by atoms with van der Waals surface area (Å²) in [5.41, 5.74) is 19.9. The highest BCUT2D eigenvalue weighted by Gasteiger charge is 2.53. The monoisotopic (exact) mass is 931 g/mol. The van der Waals surface area contributed by atoms with E-state index in [-0.39, 0.29) is 10.8 Å². The van der Waals surface area contributed by atoms with Gasteiger partial charge in [0.2, 0.25) is 0 Å². The number of anilines is 3. The van der Waals surface area contributed by atoms with Gasteiger partial charge < -0.3 is 9.64 Å². The van der Waals surface area contributed by atoms with Gasteiger partial charge in [-0.1, -0.05) is 199 Å². The number of hydrogen-bond acceptors (Lipinski definition) is 3. The van der Waals surface area contributed by atoms with Crippen molar-refractivity contribution in [3.05, 3.63) is 268 Å². The average molecular weight is 932 g/mol. The molecule has 71 heavy (non-hydrogen) atoms. The Labute approximate surface area is 421 Å². The quantitative estimate of drug-likeness (QED) is 0.175. The van der Waals surface area contributed by atoms with Gasteiger partial charge in [-0.15, -0.1) is 0 Å². The number of rotatable bonds is 3. The van der Waals surface area contributed by atoms with Crippen LogP contribution in [-0.4, -0.2) is 0 Å². The van der Waals surface area contributed by atoms with E-state index in [4.69, 9.17) is 4.74 Å². The third-order valence-corrected chi connectivity index (χ3v) is 17.3. The van der Waals surface area contributed by atoms with Gasteiger partial charge >= 0.3 is 0 Å². The van der Waals surface area contributed by atoms with Gasteiger partial charge in [0, 0.05) is 37.7 Å². The molecular weight excluding hydrogens is 879 g/mol. The van der Waals surface area contributed by atoms with E-state index < -0.39 is 10.8 Å². The fourth-order valence-corrected chi connectivity index (χ4v) is 14.0. The summed E-state index contributed by atoms with van der Waals surface area (Å²) >= 11 is 1.89. The molecule has 0 atom stereocenters. The first-order valence-electron chi connectivity index (χ1n) is 25.1. The van der Waals surface area contributed by atoms with Gasteiger partial charge in [-0.05, 0) is 150 Å². The topological polar surface area (TPSA) is 12.5 Å². The summed E-state index contributed by atoms with van der Waals surface area (Å²) in [5.74, 6) is 1.81. The summed E-state index contributed by atoms with van der Waals surface area (Å²) in [6.07, 6.45) is 0.